The zero-order valence-electron chi connectivity index (χ0n) is 20.3. The molecule has 4 atom stereocenters. The molecule has 2 fully saturated rings. The number of nitrogens with zero attached hydrogens (tertiary/aromatic N) is 2. The van der Waals surface area contributed by atoms with Crippen molar-refractivity contribution in [3.05, 3.63) is 35.1 Å². The average molecular weight is 505 g/mol. The van der Waals surface area contributed by atoms with Gasteiger partial charge in [-0.25, -0.2) is 0 Å². The lowest BCUT2D eigenvalue weighted by molar-refractivity contribution is -0.135. The molecule has 3 aliphatic heterocycles. The number of ether oxygens (including phenoxy) is 4. The van der Waals surface area contributed by atoms with Gasteiger partial charge in [0, 0.05) is 37.1 Å². The summed E-state index contributed by atoms with van der Waals surface area (Å²) in [5.74, 6) is 0.696. The van der Waals surface area contributed by atoms with E-state index >= 15 is 0 Å². The van der Waals surface area contributed by atoms with Crippen molar-refractivity contribution < 1.29 is 28.5 Å². The Morgan fingerprint density at radius 2 is 1.89 bits per heavy atom. The van der Waals surface area contributed by atoms with Crippen LogP contribution in [0.25, 0.3) is 0 Å². The van der Waals surface area contributed by atoms with Crippen LogP contribution in [0.15, 0.2) is 29.5 Å². The Labute approximate surface area is 211 Å². The molecule has 8 nitrogen and oxygen atoms in total. The first-order valence-corrected chi connectivity index (χ1v) is 12.9. The first-order valence-electron chi connectivity index (χ1n) is 12.4. The summed E-state index contributed by atoms with van der Waals surface area (Å²) >= 11 is 6.43. The molecule has 0 aromatic heterocycles. The summed E-state index contributed by atoms with van der Waals surface area (Å²) in [5, 5.41) is -0.0579. The summed E-state index contributed by atoms with van der Waals surface area (Å²) in [7, 11) is 3.15. The molecule has 4 aliphatic rings. The predicted molar refractivity (Wildman–Crippen MR) is 130 cm³/mol. The van der Waals surface area contributed by atoms with E-state index in [0.29, 0.717) is 36.5 Å². The highest BCUT2D eigenvalue weighted by atomic mass is 35.5. The Morgan fingerprint density at radius 1 is 1.09 bits per heavy atom. The van der Waals surface area contributed by atoms with Gasteiger partial charge >= 0.3 is 0 Å². The first kappa shape index (κ1) is 24.4. The monoisotopic (exact) mass is 504 g/mol. The van der Waals surface area contributed by atoms with Gasteiger partial charge in [0.25, 0.3) is 5.91 Å². The zero-order chi connectivity index (χ0) is 24.5. The van der Waals surface area contributed by atoms with E-state index in [1.807, 2.05) is 18.2 Å². The zero-order valence-corrected chi connectivity index (χ0v) is 21.1. The molecule has 3 heterocycles. The number of benzene rings is 1. The predicted octanol–water partition coefficient (Wildman–Crippen LogP) is 2.94. The average Bonchev–Trinajstić information content (AvgIpc) is 3.16. The molecule has 35 heavy (non-hydrogen) atoms. The number of halogens is 1. The van der Waals surface area contributed by atoms with Gasteiger partial charge in [0.1, 0.15) is 6.10 Å². The smallest absolute Gasteiger partial charge is 0.290 e. The van der Waals surface area contributed by atoms with E-state index in [4.69, 9.17) is 30.5 Å². The highest BCUT2D eigenvalue weighted by Crippen LogP contribution is 2.50. The number of alkyl halides is 1. The largest absolute Gasteiger partial charge is 0.493 e. The summed E-state index contributed by atoms with van der Waals surface area (Å²) in [6.07, 6.45) is 2.51. The molecule has 9 heteroatoms. The lowest BCUT2D eigenvalue weighted by Crippen LogP contribution is -2.41. The van der Waals surface area contributed by atoms with E-state index in [2.05, 4.69) is 4.90 Å². The number of ketones is 1. The molecule has 0 radical (unpaired) electrons. The van der Waals surface area contributed by atoms with E-state index in [1.165, 1.54) is 0 Å². The molecule has 1 aromatic rings. The number of hydrogen-bond donors (Lipinski definition) is 0. The first-order chi connectivity index (χ1) is 17.0. The van der Waals surface area contributed by atoms with Crippen molar-refractivity contribution in [2.45, 2.75) is 43.2 Å². The molecule has 1 saturated carbocycles. The summed E-state index contributed by atoms with van der Waals surface area (Å²) in [4.78, 5) is 31.7. The van der Waals surface area contributed by atoms with Gasteiger partial charge in [0.15, 0.2) is 23.0 Å². The minimum absolute atomic E-state index is 0.0273. The van der Waals surface area contributed by atoms with E-state index in [-0.39, 0.29) is 34.8 Å². The maximum atomic E-state index is 13.9. The van der Waals surface area contributed by atoms with Gasteiger partial charge < -0.3 is 23.8 Å². The lowest BCUT2D eigenvalue weighted by Gasteiger charge is -2.37. The summed E-state index contributed by atoms with van der Waals surface area (Å²) in [6, 6.07) is 4.98. The molecule has 4 unspecified atom stereocenters. The number of fused-ring (bicyclic) bond motifs is 1. The number of morpholine rings is 1. The van der Waals surface area contributed by atoms with E-state index in [0.717, 1.165) is 51.3 Å². The van der Waals surface area contributed by atoms with Crippen LogP contribution in [0.4, 0.5) is 0 Å². The van der Waals surface area contributed by atoms with Gasteiger partial charge in [-0.15, -0.1) is 11.6 Å². The van der Waals surface area contributed by atoms with Crippen LogP contribution in [0, 0.1) is 5.92 Å². The molecule has 0 N–H and O–H groups in total. The molecule has 1 aliphatic carbocycles. The van der Waals surface area contributed by atoms with Gasteiger partial charge in [0.05, 0.1) is 45.0 Å². The van der Waals surface area contributed by atoms with Crippen LogP contribution < -0.4 is 9.47 Å². The molecule has 0 bridgehead atoms. The third kappa shape index (κ3) is 4.52. The number of carbonyl (C=O) groups excluding carboxylic acids is 2. The Bertz CT molecular complexity index is 1010. The van der Waals surface area contributed by atoms with Crippen LogP contribution in [-0.4, -0.2) is 86.6 Å². The highest BCUT2D eigenvalue weighted by molar-refractivity contribution is 6.21. The minimum Gasteiger partial charge on any atom is -0.493 e. The number of amides is 1. The summed E-state index contributed by atoms with van der Waals surface area (Å²) in [6.45, 7) is 4.59. The van der Waals surface area contributed by atoms with Crippen LogP contribution in [0.1, 0.15) is 37.3 Å². The van der Waals surface area contributed by atoms with Crippen molar-refractivity contribution in [2.24, 2.45) is 5.92 Å². The summed E-state index contributed by atoms with van der Waals surface area (Å²) in [5.41, 5.74) is 1.16. The third-order valence-electron chi connectivity index (χ3n) is 7.58. The van der Waals surface area contributed by atoms with Gasteiger partial charge in [-0.3, -0.25) is 14.5 Å². The van der Waals surface area contributed by atoms with E-state index in [9.17, 15) is 9.59 Å². The Balaban J connectivity index is 1.49. The third-order valence-corrected chi connectivity index (χ3v) is 7.98. The van der Waals surface area contributed by atoms with Gasteiger partial charge in [-0.05, 0) is 31.7 Å². The van der Waals surface area contributed by atoms with Crippen molar-refractivity contribution >= 4 is 23.3 Å². The molecule has 1 saturated heterocycles. The van der Waals surface area contributed by atoms with Gasteiger partial charge in [-0.2, -0.15) is 0 Å². The molecule has 5 rings (SSSR count). The van der Waals surface area contributed by atoms with Crippen LogP contribution in [0.5, 0.6) is 11.5 Å². The molecular weight excluding hydrogens is 472 g/mol. The van der Waals surface area contributed by atoms with E-state index < -0.39 is 6.04 Å². The SMILES string of the molecule is COc1cccc(C2C3=C(OC4CCC(Cl)CC4C3=O)C(=O)N2CCCN2CCOCC2)c1OC. The molecule has 0 spiro atoms. The quantitative estimate of drug-likeness (QED) is 0.528. The molecule has 190 valence electrons. The molecule has 1 aromatic carbocycles. The second-order valence-electron chi connectivity index (χ2n) is 9.57. The minimum atomic E-state index is -0.587. The number of methoxy groups -OCH3 is 2. The van der Waals surface area contributed by atoms with Crippen LogP contribution in [-0.2, 0) is 19.1 Å². The van der Waals surface area contributed by atoms with Crippen molar-refractivity contribution in [1.82, 2.24) is 9.80 Å². The number of hydrogen-bond acceptors (Lipinski definition) is 7. The Hall–Kier alpha value is -2.29. The van der Waals surface area contributed by atoms with Crippen LogP contribution in [0.2, 0.25) is 0 Å². The fourth-order valence-corrected chi connectivity index (χ4v) is 6.15. The number of carbonyl (C=O) groups is 2. The number of Topliss-reactive ketones (excluding diaryl/α,β-unsaturated/α-hetero) is 1. The van der Waals surface area contributed by atoms with E-state index in [1.54, 1.807) is 19.1 Å². The lowest BCUT2D eigenvalue weighted by atomic mass is 9.77. The molecule has 1 amide bonds. The highest BCUT2D eigenvalue weighted by Gasteiger charge is 2.53. The molecular formula is C26H33ClN2O6. The maximum absolute atomic E-state index is 13.9. The second kappa shape index (κ2) is 10.4. The number of rotatable bonds is 7. The van der Waals surface area contributed by atoms with Crippen molar-refractivity contribution in [3.63, 3.8) is 0 Å². The van der Waals surface area contributed by atoms with Crippen LogP contribution in [0.3, 0.4) is 0 Å². The maximum Gasteiger partial charge on any atom is 0.290 e. The van der Waals surface area contributed by atoms with Gasteiger partial charge in [-0.1, -0.05) is 12.1 Å². The standard InChI is InChI=1S/C26H33ClN2O6/c1-32-20-6-3-5-17(24(20)33-2)22-21-23(30)18-15-16(27)7-8-19(18)35-25(21)26(31)29(22)10-4-9-28-11-13-34-14-12-28/h3,5-6,16,18-19,22H,4,7-15H2,1-2H3. The Morgan fingerprint density at radius 3 is 2.63 bits per heavy atom. The van der Waals surface area contributed by atoms with Crippen LogP contribution >= 0.6 is 11.6 Å². The Kier molecular flexibility index (Phi) is 7.23. The second-order valence-corrected chi connectivity index (χ2v) is 10.2. The summed E-state index contributed by atoms with van der Waals surface area (Å²) < 4.78 is 23.0. The normalized spacial score (nSPS) is 29.1. The number of para-hydroxylation sites is 1. The fraction of sp³-hybridized carbons (Fsp3) is 0.615. The van der Waals surface area contributed by atoms with Crippen molar-refractivity contribution in [2.75, 3.05) is 53.6 Å². The topological polar surface area (TPSA) is 77.5 Å². The van der Waals surface area contributed by atoms with Crippen molar-refractivity contribution in [3.8, 4) is 11.5 Å². The fourth-order valence-electron chi connectivity index (χ4n) is 5.83. The van der Waals surface area contributed by atoms with Gasteiger partial charge in [0.2, 0.25) is 0 Å². The van der Waals surface area contributed by atoms with Crippen molar-refractivity contribution in [1.29, 1.82) is 0 Å².